The number of rotatable bonds is 7. The van der Waals surface area contributed by atoms with Crippen LogP contribution in [0.15, 0.2) is 59.0 Å². The van der Waals surface area contributed by atoms with Gasteiger partial charge in [0, 0.05) is 30.2 Å². The largest absolute Gasteiger partial charge is 0.497 e. The van der Waals surface area contributed by atoms with E-state index in [-0.39, 0.29) is 18.0 Å². The number of halogens is 1. The molecule has 0 aliphatic heterocycles. The van der Waals surface area contributed by atoms with Crippen LogP contribution in [0.1, 0.15) is 12.2 Å². The zero-order chi connectivity index (χ0) is 20.1. The molecule has 144 valence electrons. The first-order chi connectivity index (χ1) is 13.5. The lowest BCUT2D eigenvalue weighted by atomic mass is 10.2. The SMILES string of the molecule is COc1ccc(-c2ccc(CCC(=O)Nc3ccc(F)c([N+](=O)[O-])c3)o2)cc1. The molecule has 0 spiro atoms. The molecule has 3 rings (SSSR count). The van der Waals surface area contributed by atoms with Crippen LogP contribution in [0.25, 0.3) is 11.3 Å². The Bertz CT molecular complexity index is 998. The molecule has 1 amide bonds. The van der Waals surface area contributed by atoms with Gasteiger partial charge in [0.1, 0.15) is 17.3 Å². The Balaban J connectivity index is 1.58. The molecule has 1 heterocycles. The van der Waals surface area contributed by atoms with Crippen molar-refractivity contribution in [2.24, 2.45) is 0 Å². The summed E-state index contributed by atoms with van der Waals surface area (Å²) < 4.78 is 24.2. The van der Waals surface area contributed by atoms with E-state index in [4.69, 9.17) is 9.15 Å². The summed E-state index contributed by atoms with van der Waals surface area (Å²) in [4.78, 5) is 22.0. The highest BCUT2D eigenvalue weighted by Gasteiger charge is 2.15. The topological polar surface area (TPSA) is 94.6 Å². The van der Waals surface area contributed by atoms with Crippen LogP contribution in [0, 0.1) is 15.9 Å². The Morgan fingerprint density at radius 3 is 2.61 bits per heavy atom. The number of furan rings is 1. The van der Waals surface area contributed by atoms with Gasteiger partial charge < -0.3 is 14.5 Å². The molecule has 0 saturated carbocycles. The summed E-state index contributed by atoms with van der Waals surface area (Å²) >= 11 is 0. The minimum absolute atomic E-state index is 0.112. The molecule has 0 bridgehead atoms. The smallest absolute Gasteiger partial charge is 0.306 e. The zero-order valence-corrected chi connectivity index (χ0v) is 15.0. The molecule has 0 unspecified atom stereocenters. The first kappa shape index (κ1) is 19.1. The number of nitrogens with zero attached hydrogens (tertiary/aromatic N) is 1. The molecule has 2 aromatic carbocycles. The highest BCUT2D eigenvalue weighted by Crippen LogP contribution is 2.25. The second kappa shape index (κ2) is 8.34. The standard InChI is InChI=1S/C20H17FN2O5/c1-27-15-5-2-13(3-6-15)19-10-7-16(28-19)8-11-20(24)22-14-4-9-17(21)18(12-14)23(25)26/h2-7,9-10,12H,8,11H2,1H3,(H,22,24). The molecule has 0 atom stereocenters. The fourth-order valence-electron chi connectivity index (χ4n) is 2.61. The van der Waals surface area contributed by atoms with Gasteiger partial charge in [0.25, 0.3) is 0 Å². The lowest BCUT2D eigenvalue weighted by molar-refractivity contribution is -0.387. The van der Waals surface area contributed by atoms with Gasteiger partial charge in [-0.05, 0) is 48.5 Å². The quantitative estimate of drug-likeness (QED) is 0.475. The van der Waals surface area contributed by atoms with Crippen LogP contribution in [0.5, 0.6) is 5.75 Å². The molecular weight excluding hydrogens is 367 g/mol. The number of hydrogen-bond donors (Lipinski definition) is 1. The van der Waals surface area contributed by atoms with Crippen molar-refractivity contribution in [2.45, 2.75) is 12.8 Å². The fraction of sp³-hybridized carbons (Fsp3) is 0.150. The summed E-state index contributed by atoms with van der Waals surface area (Å²) in [5, 5.41) is 13.3. The fourth-order valence-corrected chi connectivity index (χ4v) is 2.61. The Morgan fingerprint density at radius 2 is 1.93 bits per heavy atom. The highest BCUT2D eigenvalue weighted by atomic mass is 19.1. The maximum absolute atomic E-state index is 13.3. The van der Waals surface area contributed by atoms with Gasteiger partial charge in [-0.2, -0.15) is 4.39 Å². The average molecular weight is 384 g/mol. The first-order valence-electron chi connectivity index (χ1n) is 8.43. The summed E-state index contributed by atoms with van der Waals surface area (Å²) in [6.45, 7) is 0. The van der Waals surface area contributed by atoms with Crippen LogP contribution in [-0.4, -0.2) is 17.9 Å². The number of methoxy groups -OCH3 is 1. The highest BCUT2D eigenvalue weighted by molar-refractivity contribution is 5.91. The van der Waals surface area contributed by atoms with Crippen LogP contribution in [0.4, 0.5) is 15.8 Å². The number of nitro groups is 1. The van der Waals surface area contributed by atoms with Gasteiger partial charge >= 0.3 is 5.69 Å². The summed E-state index contributed by atoms with van der Waals surface area (Å²) in [6.07, 6.45) is 0.464. The summed E-state index contributed by atoms with van der Waals surface area (Å²) in [6, 6.07) is 14.2. The molecule has 0 aliphatic carbocycles. The molecule has 0 radical (unpaired) electrons. The van der Waals surface area contributed by atoms with Crippen LogP contribution in [-0.2, 0) is 11.2 Å². The summed E-state index contributed by atoms with van der Waals surface area (Å²) in [7, 11) is 1.59. The van der Waals surface area contributed by atoms with E-state index in [0.29, 0.717) is 17.9 Å². The van der Waals surface area contributed by atoms with Crippen molar-refractivity contribution < 1.29 is 23.3 Å². The third kappa shape index (κ3) is 4.53. The second-order valence-electron chi connectivity index (χ2n) is 5.97. The second-order valence-corrected chi connectivity index (χ2v) is 5.97. The van der Waals surface area contributed by atoms with Gasteiger partial charge in [-0.15, -0.1) is 0 Å². The predicted molar refractivity (Wildman–Crippen MR) is 101 cm³/mol. The zero-order valence-electron chi connectivity index (χ0n) is 15.0. The van der Waals surface area contributed by atoms with Gasteiger partial charge in [-0.25, -0.2) is 0 Å². The van der Waals surface area contributed by atoms with E-state index in [2.05, 4.69) is 5.32 Å². The number of aryl methyl sites for hydroxylation is 1. The van der Waals surface area contributed by atoms with Crippen molar-refractivity contribution in [2.75, 3.05) is 12.4 Å². The van der Waals surface area contributed by atoms with E-state index in [0.717, 1.165) is 23.4 Å². The van der Waals surface area contributed by atoms with Crippen molar-refractivity contribution >= 4 is 17.3 Å². The maximum atomic E-state index is 13.3. The number of carbonyl (C=O) groups is 1. The maximum Gasteiger partial charge on any atom is 0.306 e. The normalized spacial score (nSPS) is 10.5. The lowest BCUT2D eigenvalue weighted by Gasteiger charge is -2.05. The molecule has 1 N–H and O–H groups in total. The van der Waals surface area contributed by atoms with Gasteiger partial charge in [0.05, 0.1) is 12.0 Å². The van der Waals surface area contributed by atoms with E-state index in [9.17, 15) is 19.3 Å². The number of hydrogen-bond acceptors (Lipinski definition) is 5. The first-order valence-corrected chi connectivity index (χ1v) is 8.43. The number of benzene rings is 2. The Morgan fingerprint density at radius 1 is 1.18 bits per heavy atom. The molecule has 0 fully saturated rings. The third-order valence-electron chi connectivity index (χ3n) is 4.06. The molecular formula is C20H17FN2O5. The van der Waals surface area contributed by atoms with Gasteiger partial charge in [0.2, 0.25) is 11.7 Å². The van der Waals surface area contributed by atoms with Crippen molar-refractivity contribution in [3.05, 3.63) is 76.3 Å². The minimum atomic E-state index is -0.954. The molecule has 0 aliphatic rings. The minimum Gasteiger partial charge on any atom is -0.497 e. The van der Waals surface area contributed by atoms with Crippen LogP contribution in [0.3, 0.4) is 0 Å². The molecule has 7 nitrogen and oxygen atoms in total. The van der Waals surface area contributed by atoms with E-state index in [1.54, 1.807) is 13.2 Å². The Labute approximate surface area is 159 Å². The Hall–Kier alpha value is -3.68. The van der Waals surface area contributed by atoms with E-state index >= 15 is 0 Å². The van der Waals surface area contributed by atoms with Crippen molar-refractivity contribution in [1.82, 2.24) is 0 Å². The van der Waals surface area contributed by atoms with E-state index in [1.165, 1.54) is 6.07 Å². The van der Waals surface area contributed by atoms with E-state index in [1.807, 2.05) is 30.3 Å². The number of carbonyl (C=O) groups excluding carboxylic acids is 1. The van der Waals surface area contributed by atoms with Gasteiger partial charge in [-0.1, -0.05) is 0 Å². The Kier molecular flexibility index (Phi) is 5.69. The molecule has 8 heteroatoms. The van der Waals surface area contributed by atoms with Crippen molar-refractivity contribution in [3.8, 4) is 17.1 Å². The predicted octanol–water partition coefficient (Wildman–Crippen LogP) is 4.57. The van der Waals surface area contributed by atoms with Crippen LogP contribution >= 0.6 is 0 Å². The third-order valence-corrected chi connectivity index (χ3v) is 4.06. The number of ether oxygens (including phenoxy) is 1. The number of nitrogens with one attached hydrogen (secondary N) is 1. The van der Waals surface area contributed by atoms with Crippen molar-refractivity contribution in [1.29, 1.82) is 0 Å². The molecule has 1 aromatic heterocycles. The number of amides is 1. The number of nitro benzene ring substituents is 1. The van der Waals surface area contributed by atoms with Gasteiger partial charge in [-0.3, -0.25) is 14.9 Å². The van der Waals surface area contributed by atoms with Gasteiger partial charge in [0.15, 0.2) is 0 Å². The monoisotopic (exact) mass is 384 g/mol. The van der Waals surface area contributed by atoms with E-state index < -0.39 is 16.4 Å². The molecule has 0 saturated heterocycles. The van der Waals surface area contributed by atoms with Crippen LogP contribution in [0.2, 0.25) is 0 Å². The molecule has 28 heavy (non-hydrogen) atoms. The number of anilines is 1. The van der Waals surface area contributed by atoms with Crippen LogP contribution < -0.4 is 10.1 Å². The average Bonchev–Trinajstić information content (AvgIpc) is 3.17. The summed E-state index contributed by atoms with van der Waals surface area (Å²) in [5.74, 6) is 0.736. The lowest BCUT2D eigenvalue weighted by Crippen LogP contribution is -2.12. The molecule has 3 aromatic rings. The van der Waals surface area contributed by atoms with Crippen molar-refractivity contribution in [3.63, 3.8) is 0 Å². The summed E-state index contributed by atoms with van der Waals surface area (Å²) in [5.41, 5.74) is 0.361.